The number of unbranched alkanes of at least 4 members (excludes halogenated alkanes) is 29. The Morgan fingerprint density at radius 2 is 0.632 bits per heavy atom. The molecule has 0 spiro atoms. The Hall–Kier alpha value is 0.260. The standard InChI is InChI=1S/C58H115NO5S4/c1-5-9-13-17-21-25-37-51-65-57(66-52-38-26-22-18-14-10-6-2)43-41-55(61)63-49-35-29-31-45-59(47-33-34-48-60)46-32-30-36-50-64-56(62)42-44-58(67-53-39-27-23-19-15-11-7-3)68-54-40-28-24-20-16-12-8-4/h57-58,60H,5-54H2,1-4H3. The Balaban J connectivity index is 4.47. The van der Waals surface area contributed by atoms with E-state index in [1.165, 1.54) is 203 Å². The van der Waals surface area contributed by atoms with Gasteiger partial charge in [-0.05, 0) is 133 Å². The number of aliphatic hydroxyl groups excluding tert-OH is 1. The van der Waals surface area contributed by atoms with E-state index in [4.69, 9.17) is 9.47 Å². The number of ether oxygens (including phenoxy) is 2. The molecule has 0 aromatic carbocycles. The monoisotopic (exact) mass is 1030 g/mol. The number of carbonyl (C=O) groups is 2. The maximum Gasteiger partial charge on any atom is 0.305 e. The van der Waals surface area contributed by atoms with Crippen LogP contribution < -0.4 is 0 Å². The molecule has 0 heterocycles. The van der Waals surface area contributed by atoms with Gasteiger partial charge in [0, 0.05) is 19.4 Å². The Kier molecular flexibility index (Phi) is 58.4. The lowest BCUT2D eigenvalue weighted by atomic mass is 10.1. The second-order valence-electron chi connectivity index (χ2n) is 19.7. The summed E-state index contributed by atoms with van der Waals surface area (Å²) in [5, 5.41) is 9.40. The van der Waals surface area contributed by atoms with Gasteiger partial charge in [-0.25, -0.2) is 0 Å². The minimum Gasteiger partial charge on any atom is -0.466 e. The van der Waals surface area contributed by atoms with Crippen molar-refractivity contribution < 1.29 is 24.2 Å². The van der Waals surface area contributed by atoms with Gasteiger partial charge in [-0.15, -0.1) is 47.0 Å². The first-order chi connectivity index (χ1) is 33.5. The van der Waals surface area contributed by atoms with Gasteiger partial charge in [-0.2, -0.15) is 0 Å². The lowest BCUT2D eigenvalue weighted by molar-refractivity contribution is -0.144. The summed E-state index contributed by atoms with van der Waals surface area (Å²) in [6, 6.07) is 0. The van der Waals surface area contributed by atoms with E-state index in [9.17, 15) is 14.7 Å². The summed E-state index contributed by atoms with van der Waals surface area (Å²) in [6.45, 7) is 13.5. The van der Waals surface area contributed by atoms with Crippen molar-refractivity contribution in [3.05, 3.63) is 0 Å². The van der Waals surface area contributed by atoms with Crippen LogP contribution in [-0.4, -0.2) is 93.6 Å². The maximum absolute atomic E-state index is 12.8. The fourth-order valence-electron chi connectivity index (χ4n) is 8.52. The molecule has 10 heteroatoms. The molecule has 0 aromatic rings. The van der Waals surface area contributed by atoms with Crippen LogP contribution >= 0.6 is 47.0 Å². The van der Waals surface area contributed by atoms with Crippen LogP contribution in [0.1, 0.15) is 285 Å². The van der Waals surface area contributed by atoms with Crippen molar-refractivity contribution in [3.8, 4) is 0 Å². The number of thioether (sulfide) groups is 4. The zero-order valence-corrected chi connectivity index (χ0v) is 48.9. The normalized spacial score (nSPS) is 11.8. The Labute approximate surface area is 441 Å². The first-order valence-electron chi connectivity index (χ1n) is 29.6. The molecular weight excluding hydrogens is 919 g/mol. The predicted molar refractivity (Wildman–Crippen MR) is 310 cm³/mol. The SMILES string of the molecule is CCCCCCCCCSC(CCC(=O)OCCCCCN(CCCCO)CCCCCOC(=O)CCC(SCCCCCCCCC)SCCCCCCCCC)SCCCCCCCCC. The van der Waals surface area contributed by atoms with Crippen molar-refractivity contribution in [1.29, 1.82) is 0 Å². The summed E-state index contributed by atoms with van der Waals surface area (Å²) in [6.07, 6.45) is 48.7. The summed E-state index contributed by atoms with van der Waals surface area (Å²) in [5.41, 5.74) is 0. The molecule has 0 saturated carbocycles. The van der Waals surface area contributed by atoms with E-state index in [1.54, 1.807) is 0 Å². The molecular formula is C58H115NO5S4. The molecule has 0 rings (SSSR count). The Morgan fingerprint density at radius 3 is 0.926 bits per heavy atom. The summed E-state index contributed by atoms with van der Waals surface area (Å²) >= 11 is 8.35. The zero-order valence-electron chi connectivity index (χ0n) is 45.7. The van der Waals surface area contributed by atoms with E-state index in [2.05, 4.69) is 79.6 Å². The molecule has 1 N–H and O–H groups in total. The molecule has 406 valence electrons. The topological polar surface area (TPSA) is 76.1 Å². The number of carbonyl (C=O) groups excluding carboxylic acids is 2. The van der Waals surface area contributed by atoms with Gasteiger partial charge in [0.25, 0.3) is 0 Å². The third-order valence-corrected chi connectivity index (χ3v) is 19.2. The van der Waals surface area contributed by atoms with Crippen LogP contribution in [0.4, 0.5) is 0 Å². The van der Waals surface area contributed by atoms with E-state index < -0.39 is 0 Å². The van der Waals surface area contributed by atoms with Crippen LogP contribution in [-0.2, 0) is 19.1 Å². The number of hydrogen-bond acceptors (Lipinski definition) is 10. The summed E-state index contributed by atoms with van der Waals surface area (Å²) < 4.78 is 12.5. The fraction of sp³-hybridized carbons (Fsp3) is 0.966. The summed E-state index contributed by atoms with van der Waals surface area (Å²) in [7, 11) is 0. The number of rotatable bonds is 58. The molecule has 68 heavy (non-hydrogen) atoms. The average molecular weight is 1030 g/mol. The van der Waals surface area contributed by atoms with Crippen LogP contribution in [0.15, 0.2) is 0 Å². The van der Waals surface area contributed by atoms with Gasteiger partial charge in [-0.1, -0.05) is 182 Å². The van der Waals surface area contributed by atoms with Crippen molar-refractivity contribution in [2.75, 3.05) is 62.5 Å². The van der Waals surface area contributed by atoms with Crippen molar-refractivity contribution >= 4 is 59.0 Å². The summed E-state index contributed by atoms with van der Waals surface area (Å²) in [5.74, 6) is 4.80. The highest BCUT2D eigenvalue weighted by atomic mass is 32.2. The number of esters is 2. The van der Waals surface area contributed by atoms with Crippen LogP contribution in [0.25, 0.3) is 0 Å². The highest BCUT2D eigenvalue weighted by Crippen LogP contribution is 2.32. The summed E-state index contributed by atoms with van der Waals surface area (Å²) in [4.78, 5) is 28.1. The molecule has 0 aromatic heterocycles. The minimum absolute atomic E-state index is 0.0234. The average Bonchev–Trinajstić information content (AvgIpc) is 3.34. The van der Waals surface area contributed by atoms with E-state index >= 15 is 0 Å². The van der Waals surface area contributed by atoms with Gasteiger partial charge in [0.05, 0.1) is 22.4 Å². The zero-order chi connectivity index (χ0) is 49.5. The quantitative estimate of drug-likeness (QED) is 0.0362. The second kappa shape index (κ2) is 58.2. The maximum atomic E-state index is 12.8. The first-order valence-corrected chi connectivity index (χ1v) is 33.8. The van der Waals surface area contributed by atoms with Crippen molar-refractivity contribution in [2.45, 2.75) is 294 Å². The number of aliphatic hydroxyl groups is 1. The molecule has 0 aliphatic carbocycles. The van der Waals surface area contributed by atoms with Gasteiger partial charge in [0.1, 0.15) is 0 Å². The van der Waals surface area contributed by atoms with Crippen LogP contribution in [0.3, 0.4) is 0 Å². The third-order valence-electron chi connectivity index (χ3n) is 13.0. The molecule has 6 nitrogen and oxygen atoms in total. The van der Waals surface area contributed by atoms with Crippen molar-refractivity contribution in [3.63, 3.8) is 0 Å². The Morgan fingerprint density at radius 1 is 0.368 bits per heavy atom. The van der Waals surface area contributed by atoms with Crippen LogP contribution in [0.2, 0.25) is 0 Å². The van der Waals surface area contributed by atoms with Crippen LogP contribution in [0.5, 0.6) is 0 Å². The predicted octanol–water partition coefficient (Wildman–Crippen LogP) is 18.6. The van der Waals surface area contributed by atoms with Crippen LogP contribution in [0, 0.1) is 0 Å². The van der Waals surface area contributed by atoms with Gasteiger partial charge >= 0.3 is 11.9 Å². The number of nitrogens with zero attached hydrogens (tertiary/aromatic N) is 1. The second-order valence-corrected chi connectivity index (χ2v) is 25.6. The van der Waals surface area contributed by atoms with E-state index in [0.29, 0.717) is 35.2 Å². The van der Waals surface area contributed by atoms with Gasteiger partial charge < -0.3 is 19.5 Å². The van der Waals surface area contributed by atoms with Crippen molar-refractivity contribution in [2.24, 2.45) is 0 Å². The van der Waals surface area contributed by atoms with Gasteiger partial charge in [0.15, 0.2) is 0 Å². The molecule has 0 unspecified atom stereocenters. The molecule has 0 radical (unpaired) electrons. The molecule has 0 amide bonds. The smallest absolute Gasteiger partial charge is 0.305 e. The number of hydrogen-bond donors (Lipinski definition) is 1. The molecule has 0 bridgehead atoms. The Bertz CT molecular complexity index is 900. The van der Waals surface area contributed by atoms with Gasteiger partial charge in [0.2, 0.25) is 0 Å². The molecule has 0 saturated heterocycles. The first kappa shape index (κ1) is 68.3. The lowest BCUT2D eigenvalue weighted by Crippen LogP contribution is -2.27. The lowest BCUT2D eigenvalue weighted by Gasteiger charge is -2.22. The highest BCUT2D eigenvalue weighted by Gasteiger charge is 2.15. The van der Waals surface area contributed by atoms with E-state index in [0.717, 1.165) is 83.8 Å². The third kappa shape index (κ3) is 52.6. The minimum atomic E-state index is -0.0234. The fourth-order valence-corrected chi connectivity index (χ4v) is 14.1. The van der Waals surface area contributed by atoms with E-state index in [-0.39, 0.29) is 18.5 Å². The molecule has 0 fully saturated rings. The highest BCUT2D eigenvalue weighted by molar-refractivity contribution is 8.17. The van der Waals surface area contributed by atoms with E-state index in [1.807, 2.05) is 0 Å². The van der Waals surface area contributed by atoms with Crippen molar-refractivity contribution in [1.82, 2.24) is 4.90 Å². The van der Waals surface area contributed by atoms with Gasteiger partial charge in [-0.3, -0.25) is 9.59 Å². The molecule has 0 atom stereocenters. The largest absolute Gasteiger partial charge is 0.466 e. The molecule has 0 aliphatic rings. The molecule has 0 aliphatic heterocycles.